The van der Waals surface area contributed by atoms with Crippen LogP contribution in [-0.4, -0.2) is 19.5 Å². The Morgan fingerprint density at radius 3 is 2.58 bits per heavy atom. The molecule has 0 aromatic rings. The lowest BCUT2D eigenvalue weighted by Crippen LogP contribution is -2.15. The van der Waals surface area contributed by atoms with E-state index in [4.69, 9.17) is 9.47 Å². The van der Waals surface area contributed by atoms with Crippen molar-refractivity contribution in [3.8, 4) is 0 Å². The molecule has 2 nitrogen and oxygen atoms in total. The second-order valence-corrected chi connectivity index (χ2v) is 2.71. The highest BCUT2D eigenvalue weighted by molar-refractivity contribution is 4.84. The lowest BCUT2D eigenvalue weighted by atomic mass is 10.3. The van der Waals surface area contributed by atoms with Crippen molar-refractivity contribution in [1.82, 2.24) is 0 Å². The number of hydrogen-bond acceptors (Lipinski definition) is 2. The summed E-state index contributed by atoms with van der Waals surface area (Å²) in [6.07, 6.45) is 10.1. The molecule has 68 valence electrons. The Morgan fingerprint density at radius 1 is 1.33 bits per heavy atom. The SMILES string of the molecule is C/C=C/CCC1OCC=CCO1. The van der Waals surface area contributed by atoms with Crippen molar-refractivity contribution in [1.29, 1.82) is 0 Å². The summed E-state index contributed by atoms with van der Waals surface area (Å²) in [5.41, 5.74) is 0. The molecule has 12 heavy (non-hydrogen) atoms. The van der Waals surface area contributed by atoms with Gasteiger partial charge in [0.15, 0.2) is 6.29 Å². The summed E-state index contributed by atoms with van der Waals surface area (Å²) in [6, 6.07) is 0. The lowest BCUT2D eigenvalue weighted by molar-refractivity contribution is -0.124. The second-order valence-electron chi connectivity index (χ2n) is 2.71. The van der Waals surface area contributed by atoms with Gasteiger partial charge in [0.25, 0.3) is 0 Å². The van der Waals surface area contributed by atoms with E-state index in [0.717, 1.165) is 12.8 Å². The fourth-order valence-corrected chi connectivity index (χ4v) is 1.08. The molecule has 1 heterocycles. The standard InChI is InChI=1S/C10H16O2/c1-2-3-4-7-10-11-8-5-6-9-12-10/h2-3,5-6,10H,4,7-9H2,1H3/b3-2+. The zero-order chi connectivity index (χ0) is 8.65. The van der Waals surface area contributed by atoms with Crippen LogP contribution in [0.2, 0.25) is 0 Å². The third-order valence-corrected chi connectivity index (χ3v) is 1.73. The van der Waals surface area contributed by atoms with Gasteiger partial charge in [-0.25, -0.2) is 0 Å². The molecule has 1 aliphatic heterocycles. The minimum Gasteiger partial charge on any atom is -0.349 e. The van der Waals surface area contributed by atoms with Gasteiger partial charge in [-0.3, -0.25) is 0 Å². The monoisotopic (exact) mass is 168 g/mol. The normalized spacial score (nSPS) is 20.1. The molecular weight excluding hydrogens is 152 g/mol. The van der Waals surface area contributed by atoms with Crippen molar-refractivity contribution in [2.45, 2.75) is 26.1 Å². The quantitative estimate of drug-likeness (QED) is 0.602. The van der Waals surface area contributed by atoms with E-state index in [2.05, 4.69) is 12.2 Å². The Morgan fingerprint density at radius 2 is 2.00 bits per heavy atom. The largest absolute Gasteiger partial charge is 0.349 e. The molecular formula is C10H16O2. The Bertz CT molecular complexity index is 151. The molecule has 0 saturated carbocycles. The van der Waals surface area contributed by atoms with Gasteiger partial charge in [-0.2, -0.15) is 0 Å². The predicted octanol–water partition coefficient (Wildman–Crippen LogP) is 2.27. The first-order valence-corrected chi connectivity index (χ1v) is 4.43. The molecule has 0 saturated heterocycles. The summed E-state index contributed by atoms with van der Waals surface area (Å²) >= 11 is 0. The molecule has 0 atom stereocenters. The first-order chi connectivity index (χ1) is 5.93. The molecule has 2 heteroatoms. The third kappa shape index (κ3) is 3.69. The third-order valence-electron chi connectivity index (χ3n) is 1.73. The number of ether oxygens (including phenoxy) is 2. The molecule has 0 aromatic carbocycles. The van der Waals surface area contributed by atoms with Gasteiger partial charge in [0, 0.05) is 6.42 Å². The van der Waals surface area contributed by atoms with E-state index in [1.807, 2.05) is 19.1 Å². The summed E-state index contributed by atoms with van der Waals surface area (Å²) in [4.78, 5) is 0. The van der Waals surface area contributed by atoms with Crippen LogP contribution >= 0.6 is 0 Å². The molecule has 0 spiro atoms. The van der Waals surface area contributed by atoms with Crippen molar-refractivity contribution < 1.29 is 9.47 Å². The summed E-state index contributed by atoms with van der Waals surface area (Å²) < 4.78 is 10.8. The second kappa shape index (κ2) is 5.98. The molecule has 0 bridgehead atoms. The van der Waals surface area contributed by atoms with Gasteiger partial charge in [-0.1, -0.05) is 24.3 Å². The highest BCUT2D eigenvalue weighted by atomic mass is 16.7. The maximum absolute atomic E-state index is 5.41. The van der Waals surface area contributed by atoms with Crippen molar-refractivity contribution in [3.63, 3.8) is 0 Å². The van der Waals surface area contributed by atoms with E-state index in [1.165, 1.54) is 0 Å². The van der Waals surface area contributed by atoms with E-state index in [0.29, 0.717) is 13.2 Å². The predicted molar refractivity (Wildman–Crippen MR) is 48.9 cm³/mol. The topological polar surface area (TPSA) is 18.5 Å². The van der Waals surface area contributed by atoms with Gasteiger partial charge in [0.05, 0.1) is 13.2 Å². The fourth-order valence-electron chi connectivity index (χ4n) is 1.08. The van der Waals surface area contributed by atoms with Crippen molar-refractivity contribution in [2.75, 3.05) is 13.2 Å². The van der Waals surface area contributed by atoms with Gasteiger partial charge < -0.3 is 9.47 Å². The van der Waals surface area contributed by atoms with Crippen LogP contribution in [0.4, 0.5) is 0 Å². The van der Waals surface area contributed by atoms with Gasteiger partial charge in [0.1, 0.15) is 0 Å². The van der Waals surface area contributed by atoms with Gasteiger partial charge >= 0.3 is 0 Å². The first-order valence-electron chi connectivity index (χ1n) is 4.43. The van der Waals surface area contributed by atoms with E-state index in [1.54, 1.807) is 0 Å². The first kappa shape index (κ1) is 9.49. The summed E-state index contributed by atoms with van der Waals surface area (Å²) in [5.74, 6) is 0. The number of rotatable bonds is 3. The van der Waals surface area contributed by atoms with Crippen molar-refractivity contribution in [3.05, 3.63) is 24.3 Å². The molecule has 0 radical (unpaired) electrons. The Labute approximate surface area is 73.9 Å². The van der Waals surface area contributed by atoms with E-state index < -0.39 is 0 Å². The van der Waals surface area contributed by atoms with Crippen LogP contribution in [0.25, 0.3) is 0 Å². The maximum Gasteiger partial charge on any atom is 0.158 e. The molecule has 1 aliphatic rings. The highest BCUT2D eigenvalue weighted by Crippen LogP contribution is 2.07. The van der Waals surface area contributed by atoms with E-state index in [9.17, 15) is 0 Å². The number of hydrogen-bond donors (Lipinski definition) is 0. The Hall–Kier alpha value is -0.600. The zero-order valence-corrected chi connectivity index (χ0v) is 7.53. The van der Waals surface area contributed by atoms with Crippen LogP contribution in [0.15, 0.2) is 24.3 Å². The van der Waals surface area contributed by atoms with Crippen molar-refractivity contribution >= 4 is 0 Å². The molecule has 0 aromatic heterocycles. The van der Waals surface area contributed by atoms with Crippen LogP contribution < -0.4 is 0 Å². The Balaban J connectivity index is 2.14. The average Bonchev–Trinajstić information content (AvgIpc) is 2.33. The molecule has 1 rings (SSSR count). The smallest absolute Gasteiger partial charge is 0.158 e. The minimum absolute atomic E-state index is 0.0174. The van der Waals surface area contributed by atoms with Crippen LogP contribution in [-0.2, 0) is 9.47 Å². The van der Waals surface area contributed by atoms with Crippen molar-refractivity contribution in [2.24, 2.45) is 0 Å². The summed E-state index contributed by atoms with van der Waals surface area (Å²) in [6.45, 7) is 3.39. The minimum atomic E-state index is -0.0174. The van der Waals surface area contributed by atoms with E-state index >= 15 is 0 Å². The molecule has 0 amide bonds. The van der Waals surface area contributed by atoms with Crippen LogP contribution in [0.3, 0.4) is 0 Å². The zero-order valence-electron chi connectivity index (χ0n) is 7.53. The lowest BCUT2D eigenvalue weighted by Gasteiger charge is -2.13. The summed E-state index contributed by atoms with van der Waals surface area (Å²) in [7, 11) is 0. The van der Waals surface area contributed by atoms with Crippen LogP contribution in [0, 0.1) is 0 Å². The highest BCUT2D eigenvalue weighted by Gasteiger charge is 2.08. The van der Waals surface area contributed by atoms with Gasteiger partial charge in [0.2, 0.25) is 0 Å². The van der Waals surface area contributed by atoms with Crippen LogP contribution in [0.5, 0.6) is 0 Å². The molecule has 0 unspecified atom stereocenters. The summed E-state index contributed by atoms with van der Waals surface area (Å²) in [5, 5.41) is 0. The maximum atomic E-state index is 5.41. The molecule has 0 N–H and O–H groups in total. The fraction of sp³-hybridized carbons (Fsp3) is 0.600. The van der Waals surface area contributed by atoms with Crippen LogP contribution in [0.1, 0.15) is 19.8 Å². The molecule has 0 fully saturated rings. The van der Waals surface area contributed by atoms with Gasteiger partial charge in [-0.05, 0) is 13.3 Å². The van der Waals surface area contributed by atoms with E-state index in [-0.39, 0.29) is 6.29 Å². The average molecular weight is 168 g/mol. The Kier molecular flexibility index (Phi) is 4.73. The number of allylic oxidation sites excluding steroid dienone is 2. The molecule has 0 aliphatic carbocycles. The van der Waals surface area contributed by atoms with Gasteiger partial charge in [-0.15, -0.1) is 0 Å².